The summed E-state index contributed by atoms with van der Waals surface area (Å²) >= 11 is 0. The largest absolute Gasteiger partial charge is 0.299 e. The summed E-state index contributed by atoms with van der Waals surface area (Å²) in [6.45, 7) is 4.49. The standard InChI is InChI=1S/C12H20O/c1-8(2)3-4-9-5-6-10-7-11(10)12(9)13/h8-11H,3-7H2,1-2H3/t9-,10-,11-/m1/s1. The van der Waals surface area contributed by atoms with Gasteiger partial charge in [-0.1, -0.05) is 20.3 Å². The number of rotatable bonds is 3. The normalized spacial score (nSPS) is 37.8. The summed E-state index contributed by atoms with van der Waals surface area (Å²) in [4.78, 5) is 11.8. The molecule has 0 saturated heterocycles. The van der Waals surface area contributed by atoms with Crippen molar-refractivity contribution in [3.63, 3.8) is 0 Å². The molecule has 0 bridgehead atoms. The number of fused-ring (bicyclic) bond motifs is 1. The number of ketones is 1. The summed E-state index contributed by atoms with van der Waals surface area (Å²) in [5.41, 5.74) is 0. The Morgan fingerprint density at radius 2 is 2.15 bits per heavy atom. The van der Waals surface area contributed by atoms with Crippen LogP contribution < -0.4 is 0 Å². The van der Waals surface area contributed by atoms with Crippen molar-refractivity contribution in [2.24, 2.45) is 23.7 Å². The summed E-state index contributed by atoms with van der Waals surface area (Å²) in [5, 5.41) is 0. The van der Waals surface area contributed by atoms with Crippen molar-refractivity contribution in [1.29, 1.82) is 0 Å². The van der Waals surface area contributed by atoms with Crippen LogP contribution in [0.4, 0.5) is 0 Å². The Labute approximate surface area is 80.9 Å². The Morgan fingerprint density at radius 3 is 2.85 bits per heavy atom. The van der Waals surface area contributed by atoms with E-state index >= 15 is 0 Å². The minimum atomic E-state index is 0.436. The first-order chi connectivity index (χ1) is 6.18. The molecule has 0 aromatic rings. The third-order valence-corrected chi connectivity index (χ3v) is 3.67. The Bertz CT molecular complexity index is 207. The molecular formula is C12H20O. The molecule has 0 N–H and O–H groups in total. The fourth-order valence-corrected chi connectivity index (χ4v) is 2.60. The lowest BCUT2D eigenvalue weighted by molar-refractivity contribution is -0.126. The zero-order chi connectivity index (χ0) is 9.42. The number of carbonyl (C=O) groups is 1. The maximum atomic E-state index is 11.8. The van der Waals surface area contributed by atoms with Crippen LogP contribution in [-0.2, 0) is 4.79 Å². The second-order valence-electron chi connectivity index (χ2n) is 5.25. The maximum Gasteiger partial charge on any atom is 0.139 e. The van der Waals surface area contributed by atoms with Gasteiger partial charge in [0.25, 0.3) is 0 Å². The van der Waals surface area contributed by atoms with E-state index in [1.54, 1.807) is 0 Å². The lowest BCUT2D eigenvalue weighted by Crippen LogP contribution is -2.22. The molecule has 0 aliphatic heterocycles. The molecule has 2 fully saturated rings. The molecule has 0 spiro atoms. The highest BCUT2D eigenvalue weighted by atomic mass is 16.1. The van der Waals surface area contributed by atoms with Crippen molar-refractivity contribution < 1.29 is 4.79 Å². The van der Waals surface area contributed by atoms with Crippen molar-refractivity contribution >= 4 is 5.78 Å². The molecule has 0 unspecified atom stereocenters. The zero-order valence-corrected chi connectivity index (χ0v) is 8.75. The monoisotopic (exact) mass is 180 g/mol. The van der Waals surface area contributed by atoms with Gasteiger partial charge in [0.2, 0.25) is 0 Å². The summed E-state index contributed by atoms with van der Waals surface area (Å²) in [6.07, 6.45) is 6.12. The van der Waals surface area contributed by atoms with Crippen LogP contribution in [0, 0.1) is 23.7 Å². The fraction of sp³-hybridized carbons (Fsp3) is 0.917. The zero-order valence-electron chi connectivity index (χ0n) is 8.75. The molecule has 2 saturated carbocycles. The Morgan fingerprint density at radius 1 is 1.38 bits per heavy atom. The highest BCUT2D eigenvalue weighted by Crippen LogP contribution is 2.50. The second kappa shape index (κ2) is 3.43. The van der Waals surface area contributed by atoms with Gasteiger partial charge in [-0.3, -0.25) is 4.79 Å². The van der Waals surface area contributed by atoms with Crippen LogP contribution in [0.25, 0.3) is 0 Å². The van der Waals surface area contributed by atoms with E-state index in [0.29, 0.717) is 17.6 Å². The molecule has 0 aromatic carbocycles. The van der Waals surface area contributed by atoms with Crippen molar-refractivity contribution in [3.8, 4) is 0 Å². The minimum Gasteiger partial charge on any atom is -0.299 e. The van der Waals surface area contributed by atoms with Crippen LogP contribution in [0.5, 0.6) is 0 Å². The molecule has 2 aliphatic rings. The first kappa shape index (κ1) is 9.23. The maximum absolute atomic E-state index is 11.8. The third-order valence-electron chi connectivity index (χ3n) is 3.67. The van der Waals surface area contributed by atoms with Crippen molar-refractivity contribution in [2.45, 2.75) is 46.0 Å². The van der Waals surface area contributed by atoms with Gasteiger partial charge in [-0.2, -0.15) is 0 Å². The highest BCUT2D eigenvalue weighted by Gasteiger charge is 2.48. The Hall–Kier alpha value is -0.330. The van der Waals surface area contributed by atoms with Gasteiger partial charge in [-0.05, 0) is 37.5 Å². The molecule has 74 valence electrons. The number of hydrogen-bond acceptors (Lipinski definition) is 1. The average molecular weight is 180 g/mol. The summed E-state index contributed by atoms with van der Waals surface area (Å²) in [7, 11) is 0. The molecule has 1 nitrogen and oxygen atoms in total. The number of Topliss-reactive ketones (excluding diaryl/α,β-unsaturated/α-hetero) is 1. The van der Waals surface area contributed by atoms with Gasteiger partial charge < -0.3 is 0 Å². The molecule has 2 rings (SSSR count). The molecule has 0 radical (unpaired) electrons. The number of carbonyl (C=O) groups excluding carboxylic acids is 1. The van der Waals surface area contributed by atoms with Gasteiger partial charge in [0, 0.05) is 11.8 Å². The smallest absolute Gasteiger partial charge is 0.139 e. The Balaban J connectivity index is 1.81. The molecular weight excluding hydrogens is 160 g/mol. The van der Waals surface area contributed by atoms with Gasteiger partial charge in [0.15, 0.2) is 0 Å². The van der Waals surface area contributed by atoms with Crippen molar-refractivity contribution in [2.75, 3.05) is 0 Å². The quantitative estimate of drug-likeness (QED) is 0.652. The Kier molecular flexibility index (Phi) is 2.44. The van der Waals surface area contributed by atoms with E-state index in [1.165, 1.54) is 25.7 Å². The van der Waals surface area contributed by atoms with E-state index in [2.05, 4.69) is 13.8 Å². The molecule has 3 atom stereocenters. The third kappa shape index (κ3) is 1.95. The van der Waals surface area contributed by atoms with Crippen LogP contribution >= 0.6 is 0 Å². The molecule has 0 amide bonds. The van der Waals surface area contributed by atoms with E-state index < -0.39 is 0 Å². The SMILES string of the molecule is CC(C)CC[C@@H]1CC[C@@H]2C[C@H]2C1=O. The molecule has 1 heteroatoms. The molecule has 2 aliphatic carbocycles. The summed E-state index contributed by atoms with van der Waals surface area (Å²) in [5.74, 6) is 3.11. The van der Waals surface area contributed by atoms with E-state index in [9.17, 15) is 4.79 Å². The predicted molar refractivity (Wildman–Crippen MR) is 53.4 cm³/mol. The summed E-state index contributed by atoms with van der Waals surface area (Å²) < 4.78 is 0. The predicted octanol–water partition coefficient (Wildman–Crippen LogP) is 3.04. The van der Waals surface area contributed by atoms with E-state index in [1.807, 2.05) is 0 Å². The lowest BCUT2D eigenvalue weighted by atomic mass is 9.83. The number of hydrogen-bond donors (Lipinski definition) is 0. The molecule has 0 heterocycles. The second-order valence-corrected chi connectivity index (χ2v) is 5.25. The van der Waals surface area contributed by atoms with Crippen molar-refractivity contribution in [1.82, 2.24) is 0 Å². The van der Waals surface area contributed by atoms with E-state index in [-0.39, 0.29) is 0 Å². The van der Waals surface area contributed by atoms with Gasteiger partial charge in [0.05, 0.1) is 0 Å². The van der Waals surface area contributed by atoms with Crippen LogP contribution in [0.3, 0.4) is 0 Å². The lowest BCUT2D eigenvalue weighted by Gasteiger charge is -2.20. The average Bonchev–Trinajstić information content (AvgIpc) is 2.82. The van der Waals surface area contributed by atoms with Gasteiger partial charge >= 0.3 is 0 Å². The minimum absolute atomic E-state index is 0.436. The van der Waals surface area contributed by atoms with Crippen LogP contribution in [-0.4, -0.2) is 5.78 Å². The fourth-order valence-electron chi connectivity index (χ4n) is 2.60. The van der Waals surface area contributed by atoms with Gasteiger partial charge in [0.1, 0.15) is 5.78 Å². The van der Waals surface area contributed by atoms with Crippen LogP contribution in [0.15, 0.2) is 0 Å². The van der Waals surface area contributed by atoms with Crippen LogP contribution in [0.2, 0.25) is 0 Å². The molecule has 0 aromatic heterocycles. The topological polar surface area (TPSA) is 17.1 Å². The highest BCUT2D eigenvalue weighted by molar-refractivity contribution is 5.86. The molecule has 13 heavy (non-hydrogen) atoms. The first-order valence-corrected chi connectivity index (χ1v) is 5.72. The van der Waals surface area contributed by atoms with Crippen LogP contribution in [0.1, 0.15) is 46.0 Å². The van der Waals surface area contributed by atoms with Crippen molar-refractivity contribution in [3.05, 3.63) is 0 Å². The van der Waals surface area contributed by atoms with Gasteiger partial charge in [-0.15, -0.1) is 0 Å². The van der Waals surface area contributed by atoms with Gasteiger partial charge in [-0.25, -0.2) is 0 Å². The van der Waals surface area contributed by atoms with E-state index in [4.69, 9.17) is 0 Å². The summed E-state index contributed by atoms with van der Waals surface area (Å²) in [6, 6.07) is 0. The first-order valence-electron chi connectivity index (χ1n) is 5.72. The van der Waals surface area contributed by atoms with E-state index in [0.717, 1.165) is 18.3 Å².